The van der Waals surface area contributed by atoms with Crippen LogP contribution in [0.15, 0.2) is 51.7 Å². The zero-order valence-corrected chi connectivity index (χ0v) is 10.6. The highest BCUT2D eigenvalue weighted by Crippen LogP contribution is 2.22. The van der Waals surface area contributed by atoms with Gasteiger partial charge in [-0.05, 0) is 36.4 Å². The molecule has 0 bridgehead atoms. The molecule has 1 heterocycles. The van der Waals surface area contributed by atoms with E-state index in [0.29, 0.717) is 11.3 Å². The van der Waals surface area contributed by atoms with Crippen LogP contribution in [0, 0.1) is 5.82 Å². The second kappa shape index (κ2) is 4.77. The predicted octanol–water partition coefficient (Wildman–Crippen LogP) is 3.00. The van der Waals surface area contributed by atoms with Crippen LogP contribution in [0.4, 0.5) is 4.39 Å². The minimum Gasteiger partial charge on any atom is -0.497 e. The number of methoxy groups -OCH3 is 1. The maximum Gasteiger partial charge on any atom is 0.350 e. The van der Waals surface area contributed by atoms with Gasteiger partial charge in [-0.15, -0.1) is 0 Å². The molecule has 2 aromatic carbocycles. The first-order valence-corrected chi connectivity index (χ1v) is 5.93. The summed E-state index contributed by atoms with van der Waals surface area (Å²) < 4.78 is 23.7. The molecule has 0 fully saturated rings. The molecule has 0 saturated heterocycles. The molecule has 0 aliphatic carbocycles. The Balaban J connectivity index is 2.19. The molecule has 0 aliphatic rings. The van der Waals surface area contributed by atoms with Gasteiger partial charge < -0.3 is 9.15 Å². The fourth-order valence-corrected chi connectivity index (χ4v) is 1.94. The molecule has 1 aromatic heterocycles. The van der Waals surface area contributed by atoms with E-state index in [4.69, 9.17) is 9.15 Å². The van der Waals surface area contributed by atoms with Gasteiger partial charge in [0.15, 0.2) is 0 Å². The number of benzene rings is 2. The summed E-state index contributed by atoms with van der Waals surface area (Å²) in [5.74, 6) is 0.198. The maximum atomic E-state index is 13.6. The van der Waals surface area contributed by atoms with Crippen LogP contribution in [-0.2, 0) is 0 Å². The van der Waals surface area contributed by atoms with Crippen molar-refractivity contribution in [3.8, 4) is 17.2 Å². The largest absolute Gasteiger partial charge is 0.497 e. The van der Waals surface area contributed by atoms with E-state index in [0.717, 1.165) is 0 Å². The van der Waals surface area contributed by atoms with Gasteiger partial charge in [-0.25, -0.2) is 14.2 Å². The first-order valence-electron chi connectivity index (χ1n) is 5.93. The molecule has 5 heteroatoms. The summed E-state index contributed by atoms with van der Waals surface area (Å²) in [6.07, 6.45) is 0. The molecule has 3 aromatic rings. The van der Waals surface area contributed by atoms with Gasteiger partial charge in [0.05, 0.1) is 12.6 Å². The molecule has 0 radical (unpaired) electrons. The molecule has 0 unspecified atom stereocenters. The lowest BCUT2D eigenvalue weighted by Crippen LogP contribution is -2.05. The summed E-state index contributed by atoms with van der Waals surface area (Å²) in [6.45, 7) is 0. The number of fused-ring (bicyclic) bond motifs is 1. The Morgan fingerprint density at radius 2 is 1.90 bits per heavy atom. The van der Waals surface area contributed by atoms with Gasteiger partial charge in [0.25, 0.3) is 0 Å². The topological polar surface area (TPSA) is 52.3 Å². The summed E-state index contributed by atoms with van der Waals surface area (Å²) in [7, 11) is 1.56. The third-order valence-corrected chi connectivity index (χ3v) is 2.94. The lowest BCUT2D eigenvalue weighted by molar-refractivity contribution is 0.415. The first-order chi connectivity index (χ1) is 9.69. The standard InChI is InChI=1S/C15H10FNO3/c1-19-10-7-5-9(6-8-10)14-17-12-4-2-3-11(16)13(12)15(18)20-14/h2-8H,1H3. The van der Waals surface area contributed by atoms with E-state index in [2.05, 4.69) is 4.98 Å². The van der Waals surface area contributed by atoms with Gasteiger partial charge in [-0.2, -0.15) is 0 Å². The molecular weight excluding hydrogens is 261 g/mol. The van der Waals surface area contributed by atoms with E-state index in [1.807, 2.05) is 0 Å². The summed E-state index contributed by atoms with van der Waals surface area (Å²) in [5, 5.41) is -0.134. The molecule has 3 rings (SSSR count). The van der Waals surface area contributed by atoms with Crippen molar-refractivity contribution in [2.75, 3.05) is 7.11 Å². The number of halogens is 1. The number of rotatable bonds is 2. The molecule has 4 nitrogen and oxygen atoms in total. The normalized spacial score (nSPS) is 10.7. The minimum absolute atomic E-state index is 0.134. The highest BCUT2D eigenvalue weighted by Gasteiger charge is 2.11. The Labute approximate surface area is 113 Å². The first kappa shape index (κ1) is 12.3. The van der Waals surface area contributed by atoms with E-state index in [1.54, 1.807) is 37.4 Å². The van der Waals surface area contributed by atoms with Crippen molar-refractivity contribution in [2.24, 2.45) is 0 Å². The molecule has 0 saturated carbocycles. The molecule has 100 valence electrons. The predicted molar refractivity (Wildman–Crippen MR) is 72.2 cm³/mol. The van der Waals surface area contributed by atoms with Gasteiger partial charge in [0.1, 0.15) is 17.0 Å². The van der Waals surface area contributed by atoms with Crippen LogP contribution in [0.1, 0.15) is 0 Å². The second-order valence-corrected chi connectivity index (χ2v) is 4.17. The van der Waals surface area contributed by atoms with E-state index in [1.165, 1.54) is 12.1 Å². The third-order valence-electron chi connectivity index (χ3n) is 2.94. The van der Waals surface area contributed by atoms with E-state index in [-0.39, 0.29) is 16.8 Å². The number of aromatic nitrogens is 1. The Hall–Kier alpha value is -2.69. The molecule has 0 atom stereocenters. The highest BCUT2D eigenvalue weighted by atomic mass is 19.1. The minimum atomic E-state index is -0.737. The number of nitrogens with zero attached hydrogens (tertiary/aromatic N) is 1. The van der Waals surface area contributed by atoms with Crippen LogP contribution in [0.3, 0.4) is 0 Å². The van der Waals surface area contributed by atoms with Crippen LogP contribution >= 0.6 is 0 Å². The number of ether oxygens (including phenoxy) is 1. The lowest BCUT2D eigenvalue weighted by atomic mass is 10.2. The summed E-state index contributed by atoms with van der Waals surface area (Å²) >= 11 is 0. The van der Waals surface area contributed by atoms with Crippen molar-refractivity contribution in [1.29, 1.82) is 0 Å². The Morgan fingerprint density at radius 1 is 1.15 bits per heavy atom. The van der Waals surface area contributed by atoms with Crippen LogP contribution in [0.2, 0.25) is 0 Å². The zero-order chi connectivity index (χ0) is 14.1. The zero-order valence-electron chi connectivity index (χ0n) is 10.6. The molecule has 20 heavy (non-hydrogen) atoms. The average molecular weight is 271 g/mol. The fraction of sp³-hybridized carbons (Fsp3) is 0.0667. The van der Waals surface area contributed by atoms with Crippen molar-refractivity contribution >= 4 is 10.9 Å². The second-order valence-electron chi connectivity index (χ2n) is 4.17. The number of hydrogen-bond donors (Lipinski definition) is 0. The summed E-state index contributed by atoms with van der Waals surface area (Å²) in [6, 6.07) is 11.2. The molecule has 0 amide bonds. The van der Waals surface area contributed by atoms with Gasteiger partial charge >= 0.3 is 5.63 Å². The van der Waals surface area contributed by atoms with Crippen molar-refractivity contribution in [3.63, 3.8) is 0 Å². The smallest absolute Gasteiger partial charge is 0.350 e. The number of hydrogen-bond acceptors (Lipinski definition) is 4. The highest BCUT2D eigenvalue weighted by molar-refractivity contribution is 5.79. The molecular formula is C15H10FNO3. The van der Waals surface area contributed by atoms with E-state index in [9.17, 15) is 9.18 Å². The van der Waals surface area contributed by atoms with Crippen molar-refractivity contribution in [2.45, 2.75) is 0 Å². The summed E-state index contributed by atoms with van der Waals surface area (Å²) in [5.41, 5.74) is 0.153. The average Bonchev–Trinajstić information content (AvgIpc) is 2.47. The monoisotopic (exact) mass is 271 g/mol. The Morgan fingerprint density at radius 3 is 2.60 bits per heavy atom. The van der Waals surface area contributed by atoms with Crippen LogP contribution in [0.5, 0.6) is 5.75 Å². The third kappa shape index (κ3) is 2.03. The van der Waals surface area contributed by atoms with Gasteiger partial charge in [-0.3, -0.25) is 0 Å². The van der Waals surface area contributed by atoms with Crippen molar-refractivity contribution in [3.05, 3.63) is 58.7 Å². The van der Waals surface area contributed by atoms with Gasteiger partial charge in [-0.1, -0.05) is 6.07 Å². The van der Waals surface area contributed by atoms with Crippen molar-refractivity contribution < 1.29 is 13.5 Å². The summed E-state index contributed by atoms with van der Waals surface area (Å²) in [4.78, 5) is 16.0. The quantitative estimate of drug-likeness (QED) is 0.719. The van der Waals surface area contributed by atoms with E-state index < -0.39 is 11.4 Å². The van der Waals surface area contributed by atoms with Gasteiger partial charge in [0, 0.05) is 5.56 Å². The molecule has 0 N–H and O–H groups in total. The van der Waals surface area contributed by atoms with Crippen molar-refractivity contribution in [1.82, 2.24) is 4.98 Å². The fourth-order valence-electron chi connectivity index (χ4n) is 1.94. The Kier molecular flexibility index (Phi) is 2.95. The molecule has 0 spiro atoms. The van der Waals surface area contributed by atoms with Crippen LogP contribution in [-0.4, -0.2) is 12.1 Å². The SMILES string of the molecule is COc1ccc(-c2nc3cccc(F)c3c(=O)o2)cc1. The van der Waals surface area contributed by atoms with Crippen LogP contribution < -0.4 is 10.4 Å². The Bertz CT molecular complexity index is 825. The van der Waals surface area contributed by atoms with Gasteiger partial charge in [0.2, 0.25) is 5.89 Å². The maximum absolute atomic E-state index is 13.6. The van der Waals surface area contributed by atoms with E-state index >= 15 is 0 Å². The molecule has 0 aliphatic heterocycles. The van der Waals surface area contributed by atoms with Crippen LogP contribution in [0.25, 0.3) is 22.4 Å². The lowest BCUT2D eigenvalue weighted by Gasteiger charge is -2.03.